The minimum absolute atomic E-state index is 0.135. The van der Waals surface area contributed by atoms with Crippen molar-refractivity contribution in [3.63, 3.8) is 0 Å². The summed E-state index contributed by atoms with van der Waals surface area (Å²) in [6.07, 6.45) is 1.06. The van der Waals surface area contributed by atoms with Crippen LogP contribution in [0.2, 0.25) is 0 Å². The van der Waals surface area contributed by atoms with Crippen molar-refractivity contribution in [2.45, 2.75) is 30.3 Å². The summed E-state index contributed by atoms with van der Waals surface area (Å²) in [5, 5.41) is 11.8. The molecule has 0 aromatic heterocycles. The van der Waals surface area contributed by atoms with Crippen LogP contribution in [0.25, 0.3) is 0 Å². The average Bonchev–Trinajstić information content (AvgIpc) is 3.18. The molecule has 8 heteroatoms. The van der Waals surface area contributed by atoms with Crippen molar-refractivity contribution < 1.29 is 23.1 Å². The largest absolute Gasteiger partial charge is 0.478 e. The summed E-state index contributed by atoms with van der Waals surface area (Å²) >= 11 is 0. The van der Waals surface area contributed by atoms with Crippen LogP contribution in [0.5, 0.6) is 0 Å². The molecule has 2 aromatic carbocycles. The van der Waals surface area contributed by atoms with Gasteiger partial charge in [-0.05, 0) is 42.7 Å². The lowest BCUT2D eigenvalue weighted by atomic mass is 10.1. The molecule has 1 amide bonds. The third-order valence-corrected chi connectivity index (χ3v) is 6.42. The van der Waals surface area contributed by atoms with Gasteiger partial charge >= 0.3 is 5.97 Å². The number of rotatable bonds is 6. The van der Waals surface area contributed by atoms with Gasteiger partial charge in [-0.1, -0.05) is 30.3 Å². The van der Waals surface area contributed by atoms with Gasteiger partial charge in [-0.3, -0.25) is 4.79 Å². The number of carboxylic acid groups (broad SMARTS) is 1. The van der Waals surface area contributed by atoms with Gasteiger partial charge in [0.25, 0.3) is 0 Å². The van der Waals surface area contributed by atoms with Gasteiger partial charge in [0, 0.05) is 13.1 Å². The molecule has 1 unspecified atom stereocenters. The van der Waals surface area contributed by atoms with E-state index in [-0.39, 0.29) is 22.9 Å². The molecular weight excluding hydrogens is 368 g/mol. The number of nitrogens with one attached hydrogen (secondary N) is 1. The third-order valence-electron chi connectivity index (χ3n) is 4.50. The van der Waals surface area contributed by atoms with Crippen LogP contribution in [0, 0.1) is 0 Å². The van der Waals surface area contributed by atoms with Crippen molar-refractivity contribution >= 4 is 21.9 Å². The summed E-state index contributed by atoms with van der Waals surface area (Å²) < 4.78 is 26.9. The highest BCUT2D eigenvalue weighted by Crippen LogP contribution is 2.26. The average molecular weight is 388 g/mol. The Morgan fingerprint density at radius 3 is 2.56 bits per heavy atom. The van der Waals surface area contributed by atoms with Crippen LogP contribution in [0.4, 0.5) is 0 Å². The van der Waals surface area contributed by atoms with Crippen molar-refractivity contribution in [2.75, 3.05) is 6.54 Å². The number of benzene rings is 2. The first-order chi connectivity index (χ1) is 12.9. The second-order valence-corrected chi connectivity index (χ2v) is 8.20. The molecule has 3 rings (SSSR count). The van der Waals surface area contributed by atoms with Crippen LogP contribution < -0.4 is 5.32 Å². The Morgan fingerprint density at radius 2 is 1.85 bits per heavy atom. The lowest BCUT2D eigenvalue weighted by molar-refractivity contribution is -0.124. The van der Waals surface area contributed by atoms with Gasteiger partial charge in [-0.2, -0.15) is 4.31 Å². The number of carbonyl (C=O) groups excluding carboxylic acids is 1. The molecule has 0 aliphatic carbocycles. The molecule has 1 aliphatic heterocycles. The van der Waals surface area contributed by atoms with E-state index in [1.54, 1.807) is 30.3 Å². The van der Waals surface area contributed by atoms with Gasteiger partial charge < -0.3 is 10.4 Å². The van der Waals surface area contributed by atoms with E-state index >= 15 is 0 Å². The lowest BCUT2D eigenvalue weighted by Gasteiger charge is -2.23. The molecule has 1 saturated heterocycles. The molecule has 1 fully saturated rings. The number of hydrogen-bond donors (Lipinski definition) is 2. The SMILES string of the molecule is O=C(O)c1cccc(CNC(=O)C2CCCN2S(=O)(=O)c2ccccc2)c1. The first-order valence-corrected chi connectivity index (χ1v) is 10.0. The van der Waals surface area contributed by atoms with E-state index in [1.807, 2.05) is 0 Å². The Labute approximate surface area is 157 Å². The molecule has 1 aliphatic rings. The van der Waals surface area contributed by atoms with Crippen molar-refractivity contribution in [2.24, 2.45) is 0 Å². The number of sulfonamides is 1. The minimum atomic E-state index is -3.74. The highest BCUT2D eigenvalue weighted by molar-refractivity contribution is 7.89. The molecule has 0 bridgehead atoms. The van der Waals surface area contributed by atoms with Crippen LogP contribution in [-0.4, -0.2) is 42.3 Å². The quantitative estimate of drug-likeness (QED) is 0.786. The number of carbonyl (C=O) groups is 2. The fourth-order valence-electron chi connectivity index (χ4n) is 3.14. The number of hydrogen-bond acceptors (Lipinski definition) is 4. The first kappa shape index (κ1) is 19.1. The van der Waals surface area contributed by atoms with E-state index in [9.17, 15) is 18.0 Å². The lowest BCUT2D eigenvalue weighted by Crippen LogP contribution is -2.45. The molecule has 7 nitrogen and oxygen atoms in total. The van der Waals surface area contributed by atoms with Gasteiger partial charge in [0.15, 0.2) is 0 Å². The topological polar surface area (TPSA) is 104 Å². The van der Waals surface area contributed by atoms with E-state index < -0.39 is 22.0 Å². The fraction of sp³-hybridized carbons (Fsp3) is 0.263. The second-order valence-electron chi connectivity index (χ2n) is 6.31. The molecule has 27 heavy (non-hydrogen) atoms. The Hall–Kier alpha value is -2.71. The molecule has 2 N–H and O–H groups in total. The molecule has 0 saturated carbocycles. The minimum Gasteiger partial charge on any atom is -0.478 e. The standard InChI is InChI=1S/C19H20N2O5S/c22-18(20-13-14-6-4-7-15(12-14)19(23)24)17-10-5-11-21(17)27(25,26)16-8-2-1-3-9-16/h1-4,6-9,12,17H,5,10-11,13H2,(H,20,22)(H,23,24). The van der Waals surface area contributed by atoms with Crippen molar-refractivity contribution in [1.29, 1.82) is 0 Å². The summed E-state index contributed by atoms with van der Waals surface area (Å²) in [6.45, 7) is 0.430. The van der Waals surface area contributed by atoms with Crippen LogP contribution in [0.3, 0.4) is 0 Å². The summed E-state index contributed by atoms with van der Waals surface area (Å²) in [4.78, 5) is 23.8. The fourth-order valence-corrected chi connectivity index (χ4v) is 4.82. The van der Waals surface area contributed by atoms with E-state index in [0.717, 1.165) is 0 Å². The Kier molecular flexibility index (Phi) is 5.57. The maximum Gasteiger partial charge on any atom is 0.335 e. The summed E-state index contributed by atoms with van der Waals surface area (Å²) in [7, 11) is -3.74. The number of carboxylic acids is 1. The van der Waals surface area contributed by atoms with Gasteiger partial charge in [-0.25, -0.2) is 13.2 Å². The summed E-state index contributed by atoms with van der Waals surface area (Å²) in [6, 6.07) is 13.6. The molecule has 1 heterocycles. The third kappa shape index (κ3) is 4.17. The summed E-state index contributed by atoms with van der Waals surface area (Å²) in [5.41, 5.74) is 0.773. The zero-order valence-electron chi connectivity index (χ0n) is 14.5. The van der Waals surface area contributed by atoms with Crippen molar-refractivity contribution in [3.8, 4) is 0 Å². The monoisotopic (exact) mass is 388 g/mol. The molecule has 0 spiro atoms. The number of amides is 1. The molecular formula is C19H20N2O5S. The van der Waals surface area contributed by atoms with Crippen LogP contribution in [0.15, 0.2) is 59.5 Å². The predicted octanol–water partition coefficient (Wildman–Crippen LogP) is 1.85. The maximum atomic E-state index is 12.8. The van der Waals surface area contributed by atoms with Gasteiger partial charge in [0.2, 0.25) is 15.9 Å². The van der Waals surface area contributed by atoms with Crippen LogP contribution in [-0.2, 0) is 21.4 Å². The van der Waals surface area contributed by atoms with E-state index in [4.69, 9.17) is 5.11 Å². The van der Waals surface area contributed by atoms with Gasteiger partial charge in [0.1, 0.15) is 6.04 Å². The zero-order chi connectivity index (χ0) is 19.4. The number of nitrogens with zero attached hydrogens (tertiary/aromatic N) is 1. The predicted molar refractivity (Wildman–Crippen MR) is 98.6 cm³/mol. The normalized spacial score (nSPS) is 17.6. The molecule has 1 atom stereocenters. The van der Waals surface area contributed by atoms with Crippen LogP contribution >= 0.6 is 0 Å². The smallest absolute Gasteiger partial charge is 0.335 e. The second kappa shape index (κ2) is 7.89. The molecule has 0 radical (unpaired) electrons. The van der Waals surface area contributed by atoms with Crippen molar-refractivity contribution in [1.82, 2.24) is 9.62 Å². The molecule has 2 aromatic rings. The van der Waals surface area contributed by atoms with E-state index in [0.29, 0.717) is 24.9 Å². The first-order valence-electron chi connectivity index (χ1n) is 8.56. The van der Waals surface area contributed by atoms with Crippen LogP contribution in [0.1, 0.15) is 28.8 Å². The summed E-state index contributed by atoms with van der Waals surface area (Å²) in [5.74, 6) is -1.42. The van der Waals surface area contributed by atoms with Crippen molar-refractivity contribution in [3.05, 3.63) is 65.7 Å². The Balaban J connectivity index is 1.71. The number of aromatic carboxylic acids is 1. The highest BCUT2D eigenvalue weighted by atomic mass is 32.2. The van der Waals surface area contributed by atoms with Gasteiger partial charge in [0.05, 0.1) is 10.5 Å². The Bertz CT molecular complexity index is 944. The maximum absolute atomic E-state index is 12.8. The highest BCUT2D eigenvalue weighted by Gasteiger charge is 2.39. The zero-order valence-corrected chi connectivity index (χ0v) is 15.4. The van der Waals surface area contributed by atoms with Gasteiger partial charge in [-0.15, -0.1) is 0 Å². The van der Waals surface area contributed by atoms with E-state index in [2.05, 4.69) is 5.32 Å². The van der Waals surface area contributed by atoms with E-state index in [1.165, 1.54) is 28.6 Å². The molecule has 142 valence electrons. The Morgan fingerprint density at radius 1 is 1.11 bits per heavy atom.